The quantitative estimate of drug-likeness (QED) is 0.602. The van der Waals surface area contributed by atoms with Gasteiger partial charge in [0.15, 0.2) is 0 Å². The average molecular weight is 416 g/mol. The zero-order chi connectivity index (χ0) is 21.5. The second kappa shape index (κ2) is 10.6. The van der Waals surface area contributed by atoms with Crippen LogP contribution in [0.1, 0.15) is 56.9 Å². The number of hydrogen-bond donors (Lipinski definition) is 3. The van der Waals surface area contributed by atoms with E-state index in [2.05, 4.69) is 5.32 Å². The first-order valence-corrected chi connectivity index (χ1v) is 11.1. The number of benzene rings is 1. The monoisotopic (exact) mass is 415 g/mol. The molecular formula is C23H33N3O4. The van der Waals surface area contributed by atoms with Gasteiger partial charge in [0.05, 0.1) is 6.04 Å². The highest BCUT2D eigenvalue weighted by atomic mass is 16.4. The van der Waals surface area contributed by atoms with Crippen molar-refractivity contribution in [2.24, 2.45) is 11.7 Å². The van der Waals surface area contributed by atoms with Crippen molar-refractivity contribution in [2.75, 3.05) is 6.54 Å². The number of likely N-dealkylation sites (tertiary alicyclic amines) is 1. The smallest absolute Gasteiger partial charge is 0.326 e. The normalized spacial score (nSPS) is 21.8. The van der Waals surface area contributed by atoms with Gasteiger partial charge in [-0.25, -0.2) is 4.79 Å². The summed E-state index contributed by atoms with van der Waals surface area (Å²) >= 11 is 0. The largest absolute Gasteiger partial charge is 0.480 e. The molecule has 2 fully saturated rings. The maximum atomic E-state index is 12.9. The number of carboxylic acid groups (broad SMARTS) is 1. The zero-order valence-corrected chi connectivity index (χ0v) is 17.5. The summed E-state index contributed by atoms with van der Waals surface area (Å²) in [4.78, 5) is 39.1. The van der Waals surface area contributed by atoms with E-state index in [4.69, 9.17) is 5.73 Å². The number of nitrogens with zero attached hydrogens (tertiary/aromatic N) is 1. The Labute approximate surface area is 178 Å². The molecule has 0 bridgehead atoms. The Hall–Kier alpha value is -2.41. The predicted octanol–water partition coefficient (Wildman–Crippen LogP) is 2.09. The number of carbonyl (C=O) groups is 3. The second-order valence-corrected chi connectivity index (χ2v) is 8.63. The average Bonchev–Trinajstić information content (AvgIpc) is 3.24. The van der Waals surface area contributed by atoms with E-state index in [1.54, 1.807) is 0 Å². The number of hydrogen-bond acceptors (Lipinski definition) is 4. The molecule has 2 aliphatic rings. The number of aliphatic carboxylic acids is 1. The number of nitrogens with one attached hydrogen (secondary N) is 1. The number of carboxylic acids is 1. The van der Waals surface area contributed by atoms with Gasteiger partial charge >= 0.3 is 5.97 Å². The molecule has 1 saturated heterocycles. The Kier molecular flexibility index (Phi) is 7.85. The van der Waals surface area contributed by atoms with Gasteiger partial charge in [0.1, 0.15) is 12.1 Å². The van der Waals surface area contributed by atoms with Crippen LogP contribution in [0.15, 0.2) is 30.3 Å². The molecule has 2 amide bonds. The number of amides is 2. The first kappa shape index (κ1) is 22.3. The number of rotatable bonds is 8. The first-order valence-electron chi connectivity index (χ1n) is 11.1. The highest BCUT2D eigenvalue weighted by Gasteiger charge is 2.38. The van der Waals surface area contributed by atoms with Crippen molar-refractivity contribution in [3.8, 4) is 0 Å². The van der Waals surface area contributed by atoms with E-state index in [9.17, 15) is 19.5 Å². The van der Waals surface area contributed by atoms with Crippen LogP contribution >= 0.6 is 0 Å². The summed E-state index contributed by atoms with van der Waals surface area (Å²) in [5.74, 6) is -1.31. The molecule has 3 atom stereocenters. The molecule has 164 valence electrons. The number of nitrogens with two attached hydrogens (primary N) is 1. The second-order valence-electron chi connectivity index (χ2n) is 8.63. The SMILES string of the molecule is N[C@H](Cc1ccccc1)C(=O)N1CCC[C@H]1C(=O)N[C@@H](CC1CCCCC1)C(=O)O. The maximum absolute atomic E-state index is 12.9. The molecule has 30 heavy (non-hydrogen) atoms. The molecule has 0 radical (unpaired) electrons. The number of carbonyl (C=O) groups excluding carboxylic acids is 2. The standard InChI is InChI=1S/C23H33N3O4/c24-18(14-16-8-3-1-4-9-16)22(28)26-13-7-12-20(26)21(27)25-19(23(29)30)15-17-10-5-2-6-11-17/h1,3-4,8-9,17-20H,2,5-7,10-15,24H2,(H,25,27)(H,29,30)/t18-,19+,20+/m1/s1. The molecule has 7 heteroatoms. The molecule has 0 aromatic heterocycles. The fraction of sp³-hybridized carbons (Fsp3) is 0.609. The van der Waals surface area contributed by atoms with Gasteiger partial charge in [-0.15, -0.1) is 0 Å². The molecule has 0 spiro atoms. The van der Waals surface area contributed by atoms with Crippen molar-refractivity contribution in [1.82, 2.24) is 10.2 Å². The van der Waals surface area contributed by atoms with E-state index in [-0.39, 0.29) is 11.8 Å². The lowest BCUT2D eigenvalue weighted by atomic mass is 9.85. The molecular weight excluding hydrogens is 382 g/mol. The topological polar surface area (TPSA) is 113 Å². The van der Waals surface area contributed by atoms with E-state index in [0.717, 1.165) is 31.2 Å². The van der Waals surface area contributed by atoms with Crippen LogP contribution in [0.3, 0.4) is 0 Å². The summed E-state index contributed by atoms with van der Waals surface area (Å²) in [5, 5.41) is 12.3. The van der Waals surface area contributed by atoms with Gasteiger partial charge in [-0.1, -0.05) is 62.4 Å². The summed E-state index contributed by atoms with van der Waals surface area (Å²) in [6.07, 6.45) is 7.57. The Morgan fingerprint density at radius 1 is 1.07 bits per heavy atom. The Bertz CT molecular complexity index is 733. The lowest BCUT2D eigenvalue weighted by molar-refractivity contribution is -0.144. The molecule has 0 unspecified atom stereocenters. The van der Waals surface area contributed by atoms with Crippen LogP contribution in [0.2, 0.25) is 0 Å². The Balaban J connectivity index is 1.59. The van der Waals surface area contributed by atoms with Crippen molar-refractivity contribution < 1.29 is 19.5 Å². The van der Waals surface area contributed by atoms with Gasteiger partial charge in [-0.05, 0) is 37.2 Å². The molecule has 7 nitrogen and oxygen atoms in total. The minimum absolute atomic E-state index is 0.254. The van der Waals surface area contributed by atoms with Crippen molar-refractivity contribution in [3.63, 3.8) is 0 Å². The molecule has 1 aromatic rings. The van der Waals surface area contributed by atoms with Gasteiger partial charge in [0.2, 0.25) is 11.8 Å². The van der Waals surface area contributed by atoms with E-state index in [0.29, 0.717) is 38.1 Å². The summed E-state index contributed by atoms with van der Waals surface area (Å²) in [6, 6.07) is 7.27. The van der Waals surface area contributed by atoms with Gasteiger partial charge in [0.25, 0.3) is 0 Å². The predicted molar refractivity (Wildman–Crippen MR) is 114 cm³/mol. The molecule has 1 aliphatic carbocycles. The van der Waals surface area contributed by atoms with Crippen LogP contribution in [-0.4, -0.2) is 52.5 Å². The van der Waals surface area contributed by atoms with E-state index < -0.39 is 24.1 Å². The van der Waals surface area contributed by atoms with Crippen molar-refractivity contribution in [1.29, 1.82) is 0 Å². The van der Waals surface area contributed by atoms with Crippen molar-refractivity contribution in [3.05, 3.63) is 35.9 Å². The lowest BCUT2D eigenvalue weighted by Gasteiger charge is -2.29. The van der Waals surface area contributed by atoms with Crippen LogP contribution in [-0.2, 0) is 20.8 Å². The third-order valence-electron chi connectivity index (χ3n) is 6.36. The molecule has 1 saturated carbocycles. The van der Waals surface area contributed by atoms with Crippen LogP contribution in [0.5, 0.6) is 0 Å². The minimum atomic E-state index is -1.01. The lowest BCUT2D eigenvalue weighted by Crippen LogP contribution is -2.54. The van der Waals surface area contributed by atoms with Crippen molar-refractivity contribution >= 4 is 17.8 Å². The molecule has 1 aliphatic heterocycles. The van der Waals surface area contributed by atoms with E-state index in [1.807, 2.05) is 30.3 Å². The molecule has 1 aromatic carbocycles. The van der Waals surface area contributed by atoms with Crippen molar-refractivity contribution in [2.45, 2.75) is 75.9 Å². The summed E-state index contributed by atoms with van der Waals surface area (Å²) in [6.45, 7) is 0.472. The van der Waals surface area contributed by atoms with Gasteiger partial charge in [0, 0.05) is 6.54 Å². The molecule has 3 rings (SSSR count). The minimum Gasteiger partial charge on any atom is -0.480 e. The van der Waals surface area contributed by atoms with Gasteiger partial charge < -0.3 is 21.1 Å². The van der Waals surface area contributed by atoms with Crippen LogP contribution < -0.4 is 11.1 Å². The fourth-order valence-electron chi connectivity index (χ4n) is 4.72. The van der Waals surface area contributed by atoms with Crippen LogP contribution in [0.4, 0.5) is 0 Å². The van der Waals surface area contributed by atoms with Crippen LogP contribution in [0, 0.1) is 5.92 Å². The fourth-order valence-corrected chi connectivity index (χ4v) is 4.72. The van der Waals surface area contributed by atoms with Crippen LogP contribution in [0.25, 0.3) is 0 Å². The van der Waals surface area contributed by atoms with Gasteiger partial charge in [-0.2, -0.15) is 0 Å². The molecule has 4 N–H and O–H groups in total. The Morgan fingerprint density at radius 3 is 2.43 bits per heavy atom. The summed E-state index contributed by atoms with van der Waals surface area (Å²) in [5.41, 5.74) is 7.12. The summed E-state index contributed by atoms with van der Waals surface area (Å²) in [7, 11) is 0. The molecule has 1 heterocycles. The maximum Gasteiger partial charge on any atom is 0.326 e. The summed E-state index contributed by atoms with van der Waals surface area (Å²) < 4.78 is 0. The van der Waals surface area contributed by atoms with E-state index >= 15 is 0 Å². The Morgan fingerprint density at radius 2 is 1.77 bits per heavy atom. The highest BCUT2D eigenvalue weighted by molar-refractivity contribution is 5.92. The van der Waals surface area contributed by atoms with Gasteiger partial charge in [-0.3, -0.25) is 9.59 Å². The third-order valence-corrected chi connectivity index (χ3v) is 6.36. The zero-order valence-electron chi connectivity index (χ0n) is 17.5. The first-order chi connectivity index (χ1) is 14.5. The highest BCUT2D eigenvalue weighted by Crippen LogP contribution is 2.28. The third kappa shape index (κ3) is 5.81. The van der Waals surface area contributed by atoms with E-state index in [1.165, 1.54) is 11.3 Å².